The third kappa shape index (κ3) is 4.69. The highest BCUT2D eigenvalue weighted by Gasteiger charge is 2.25. The third-order valence-electron chi connectivity index (χ3n) is 5.05. The molecule has 3 saturated heterocycles. The van der Waals surface area contributed by atoms with E-state index in [-0.39, 0.29) is 11.6 Å². The van der Waals surface area contributed by atoms with Crippen molar-refractivity contribution >= 4 is 29.9 Å². The Bertz CT molecular complexity index is 829. The Morgan fingerprint density at radius 2 is 1.86 bits per heavy atom. The molecule has 0 aliphatic carbocycles. The molecule has 0 bridgehead atoms. The number of amides is 4. The first-order chi connectivity index (χ1) is 14.1. The maximum Gasteiger partial charge on any atom is 0.326 e. The van der Waals surface area contributed by atoms with Crippen LogP contribution in [0.1, 0.15) is 5.69 Å². The Hall–Kier alpha value is -3.05. The Balaban J connectivity index is 1.33. The molecule has 1 aromatic rings. The molecule has 0 unspecified atom stereocenters. The summed E-state index contributed by atoms with van der Waals surface area (Å²) in [6.07, 6.45) is 3.14. The molecule has 1 aromatic heterocycles. The van der Waals surface area contributed by atoms with Gasteiger partial charge in [-0.05, 0) is 12.1 Å². The number of ether oxygens (including phenoxy) is 1. The second-order valence-electron chi connectivity index (χ2n) is 7.00. The van der Waals surface area contributed by atoms with E-state index in [1.807, 2.05) is 9.80 Å². The van der Waals surface area contributed by atoms with E-state index in [4.69, 9.17) is 4.74 Å². The van der Waals surface area contributed by atoms with Gasteiger partial charge < -0.3 is 19.9 Å². The van der Waals surface area contributed by atoms with E-state index >= 15 is 0 Å². The van der Waals surface area contributed by atoms with Crippen LogP contribution >= 0.6 is 0 Å². The zero-order valence-corrected chi connectivity index (χ0v) is 16.0. The summed E-state index contributed by atoms with van der Waals surface area (Å²) < 4.78 is 5.29. The largest absolute Gasteiger partial charge is 0.378 e. The number of hydrogen-bond donors (Lipinski definition) is 2. The first kappa shape index (κ1) is 19.3. The number of hydrogen-bond acceptors (Lipinski definition) is 8. The summed E-state index contributed by atoms with van der Waals surface area (Å²) in [5.74, 6) is 0.223. The van der Waals surface area contributed by atoms with Crippen molar-refractivity contribution in [3.8, 4) is 0 Å². The SMILES string of the molecule is O=C1NC(=O)/C(=C/c2ccnc(N3CCN(CC(=O)N4CCOCC4)CC3)n2)N1. The second kappa shape index (κ2) is 8.53. The topological polar surface area (TPSA) is 120 Å². The van der Waals surface area contributed by atoms with E-state index in [1.165, 1.54) is 6.08 Å². The van der Waals surface area contributed by atoms with Gasteiger partial charge in [0.1, 0.15) is 5.70 Å². The van der Waals surface area contributed by atoms with E-state index in [0.29, 0.717) is 57.6 Å². The highest BCUT2D eigenvalue weighted by Crippen LogP contribution is 2.14. The molecule has 0 spiro atoms. The first-order valence-corrected chi connectivity index (χ1v) is 9.58. The van der Waals surface area contributed by atoms with Gasteiger partial charge in [-0.1, -0.05) is 0 Å². The number of carbonyl (C=O) groups is 3. The molecule has 29 heavy (non-hydrogen) atoms. The summed E-state index contributed by atoms with van der Waals surface area (Å²) >= 11 is 0. The van der Waals surface area contributed by atoms with Gasteiger partial charge in [0.05, 0.1) is 25.5 Å². The van der Waals surface area contributed by atoms with Gasteiger partial charge in [-0.25, -0.2) is 14.8 Å². The average Bonchev–Trinajstić information content (AvgIpc) is 3.06. The number of anilines is 1. The molecule has 4 rings (SSSR count). The number of morpholine rings is 1. The fourth-order valence-corrected chi connectivity index (χ4v) is 3.43. The molecular weight excluding hydrogens is 378 g/mol. The minimum absolute atomic E-state index is 0.142. The third-order valence-corrected chi connectivity index (χ3v) is 5.05. The van der Waals surface area contributed by atoms with Gasteiger partial charge in [0.15, 0.2) is 0 Å². The zero-order valence-electron chi connectivity index (χ0n) is 16.0. The predicted molar refractivity (Wildman–Crippen MR) is 103 cm³/mol. The number of carbonyl (C=O) groups excluding carboxylic acids is 3. The molecule has 3 aliphatic heterocycles. The molecule has 2 N–H and O–H groups in total. The van der Waals surface area contributed by atoms with Crippen LogP contribution in [0.2, 0.25) is 0 Å². The number of rotatable bonds is 4. The lowest BCUT2D eigenvalue weighted by Crippen LogP contribution is -2.51. The maximum atomic E-state index is 12.4. The van der Waals surface area contributed by atoms with Crippen LogP contribution in [0, 0.1) is 0 Å². The Morgan fingerprint density at radius 3 is 2.55 bits per heavy atom. The quantitative estimate of drug-likeness (QED) is 0.469. The van der Waals surface area contributed by atoms with Crippen molar-refractivity contribution in [2.45, 2.75) is 0 Å². The molecule has 11 heteroatoms. The van der Waals surface area contributed by atoms with Crippen molar-refractivity contribution < 1.29 is 19.1 Å². The van der Waals surface area contributed by atoms with Crippen molar-refractivity contribution in [2.24, 2.45) is 0 Å². The summed E-state index contributed by atoms with van der Waals surface area (Å²) in [7, 11) is 0. The number of nitrogens with one attached hydrogen (secondary N) is 2. The Morgan fingerprint density at radius 1 is 1.10 bits per heavy atom. The van der Waals surface area contributed by atoms with Gasteiger partial charge in [0.25, 0.3) is 5.91 Å². The summed E-state index contributed by atoms with van der Waals surface area (Å²) in [5, 5.41) is 4.59. The second-order valence-corrected chi connectivity index (χ2v) is 7.00. The van der Waals surface area contributed by atoms with E-state index in [2.05, 4.69) is 25.5 Å². The van der Waals surface area contributed by atoms with Crippen molar-refractivity contribution in [3.05, 3.63) is 23.7 Å². The maximum absolute atomic E-state index is 12.4. The van der Waals surface area contributed by atoms with Crippen molar-refractivity contribution in [2.75, 3.05) is 63.9 Å². The van der Waals surface area contributed by atoms with E-state index in [9.17, 15) is 14.4 Å². The van der Waals surface area contributed by atoms with Crippen LogP contribution in [-0.4, -0.2) is 96.6 Å². The summed E-state index contributed by atoms with van der Waals surface area (Å²) in [6, 6.07) is 1.13. The van der Waals surface area contributed by atoms with Crippen molar-refractivity contribution in [1.82, 2.24) is 30.4 Å². The number of imide groups is 1. The van der Waals surface area contributed by atoms with Crippen LogP contribution in [0.4, 0.5) is 10.7 Å². The van der Waals surface area contributed by atoms with Crippen LogP contribution in [0.15, 0.2) is 18.0 Å². The van der Waals surface area contributed by atoms with Crippen LogP contribution in [0.5, 0.6) is 0 Å². The van der Waals surface area contributed by atoms with Gasteiger partial charge in [0.2, 0.25) is 11.9 Å². The first-order valence-electron chi connectivity index (χ1n) is 9.58. The van der Waals surface area contributed by atoms with Crippen LogP contribution in [0.3, 0.4) is 0 Å². The molecule has 4 amide bonds. The zero-order chi connectivity index (χ0) is 20.2. The van der Waals surface area contributed by atoms with E-state index in [0.717, 1.165) is 13.1 Å². The lowest BCUT2D eigenvalue weighted by molar-refractivity contribution is -0.136. The minimum atomic E-state index is -0.543. The Kier molecular flexibility index (Phi) is 5.67. The van der Waals surface area contributed by atoms with Gasteiger partial charge in [0, 0.05) is 45.5 Å². The number of aromatic nitrogens is 2. The molecule has 0 aromatic carbocycles. The standard InChI is InChI=1S/C18H23N7O4/c26-15(24-7-9-29-10-8-24)12-23-3-5-25(6-4-23)17-19-2-1-13(20-17)11-14-16(27)22-18(28)21-14/h1-2,11H,3-10,12H2,(H2,21,22,27,28)/b14-11-. The number of piperazine rings is 1. The van der Waals surface area contributed by atoms with Gasteiger partial charge >= 0.3 is 6.03 Å². The smallest absolute Gasteiger partial charge is 0.326 e. The molecule has 3 fully saturated rings. The molecule has 0 saturated carbocycles. The molecular formula is C18H23N7O4. The predicted octanol–water partition coefficient (Wildman–Crippen LogP) is -1.36. The van der Waals surface area contributed by atoms with Gasteiger partial charge in [-0.2, -0.15) is 0 Å². The monoisotopic (exact) mass is 401 g/mol. The van der Waals surface area contributed by atoms with Crippen molar-refractivity contribution in [1.29, 1.82) is 0 Å². The van der Waals surface area contributed by atoms with E-state index < -0.39 is 11.9 Å². The fourth-order valence-electron chi connectivity index (χ4n) is 3.43. The highest BCUT2D eigenvalue weighted by atomic mass is 16.5. The molecule has 0 radical (unpaired) electrons. The summed E-state index contributed by atoms with van der Waals surface area (Å²) in [6.45, 7) is 5.83. The summed E-state index contributed by atoms with van der Waals surface area (Å²) in [5.41, 5.74) is 0.693. The van der Waals surface area contributed by atoms with Crippen LogP contribution in [-0.2, 0) is 14.3 Å². The lowest BCUT2D eigenvalue weighted by atomic mass is 10.3. The molecule has 154 valence electrons. The average molecular weight is 401 g/mol. The lowest BCUT2D eigenvalue weighted by Gasteiger charge is -2.36. The number of nitrogens with zero attached hydrogens (tertiary/aromatic N) is 5. The molecule has 0 atom stereocenters. The van der Waals surface area contributed by atoms with Gasteiger partial charge in [-0.15, -0.1) is 0 Å². The minimum Gasteiger partial charge on any atom is -0.378 e. The normalized spacial score (nSPS) is 22.0. The van der Waals surface area contributed by atoms with E-state index in [1.54, 1.807) is 12.3 Å². The highest BCUT2D eigenvalue weighted by molar-refractivity contribution is 6.13. The molecule has 11 nitrogen and oxygen atoms in total. The van der Waals surface area contributed by atoms with Crippen molar-refractivity contribution in [3.63, 3.8) is 0 Å². The van der Waals surface area contributed by atoms with Gasteiger partial charge in [-0.3, -0.25) is 19.8 Å². The molecule has 3 aliphatic rings. The number of urea groups is 1. The van der Waals surface area contributed by atoms with Crippen LogP contribution in [0.25, 0.3) is 6.08 Å². The Labute approximate surface area is 167 Å². The fraction of sp³-hybridized carbons (Fsp3) is 0.500. The molecule has 4 heterocycles. The summed E-state index contributed by atoms with van der Waals surface area (Å²) in [4.78, 5) is 50.1. The van der Waals surface area contributed by atoms with Crippen LogP contribution < -0.4 is 15.5 Å².